The molecular formula is C21H21N3O4S. The summed E-state index contributed by atoms with van der Waals surface area (Å²) in [4.78, 5) is 16.2. The van der Waals surface area contributed by atoms with Crippen molar-refractivity contribution >= 4 is 32.7 Å². The molecule has 0 spiro atoms. The molecule has 0 radical (unpaired) electrons. The Morgan fingerprint density at radius 2 is 2.03 bits per heavy atom. The van der Waals surface area contributed by atoms with Crippen molar-refractivity contribution in [2.75, 3.05) is 11.9 Å². The summed E-state index contributed by atoms with van der Waals surface area (Å²) in [7, 11) is -3.86. The van der Waals surface area contributed by atoms with Crippen molar-refractivity contribution in [1.82, 2.24) is 8.96 Å². The first kappa shape index (κ1) is 18.2. The van der Waals surface area contributed by atoms with Crippen LogP contribution in [0.1, 0.15) is 31.2 Å². The van der Waals surface area contributed by atoms with Gasteiger partial charge in [-0.2, -0.15) is 0 Å². The monoisotopic (exact) mass is 411 g/mol. The lowest BCUT2D eigenvalue weighted by Gasteiger charge is -2.18. The quantitative estimate of drug-likeness (QED) is 0.711. The van der Waals surface area contributed by atoms with E-state index in [-0.39, 0.29) is 17.4 Å². The number of carbonyl (C=O) groups is 1. The zero-order chi connectivity index (χ0) is 20.0. The third kappa shape index (κ3) is 3.17. The number of benzene rings is 1. The molecule has 8 heteroatoms. The number of rotatable bonds is 4. The summed E-state index contributed by atoms with van der Waals surface area (Å²) < 4.78 is 33.5. The molecule has 1 N–H and O–H groups in total. The van der Waals surface area contributed by atoms with Crippen molar-refractivity contribution in [3.63, 3.8) is 0 Å². The summed E-state index contributed by atoms with van der Waals surface area (Å²) in [6.07, 6.45) is 9.07. The van der Waals surface area contributed by atoms with Crippen LogP contribution < -0.4 is 10.1 Å². The number of amides is 1. The van der Waals surface area contributed by atoms with E-state index < -0.39 is 10.0 Å². The normalized spacial score (nSPS) is 17.2. The first-order chi connectivity index (χ1) is 14.0. The van der Waals surface area contributed by atoms with E-state index in [1.807, 2.05) is 0 Å². The van der Waals surface area contributed by atoms with Crippen molar-refractivity contribution in [2.45, 2.75) is 37.0 Å². The fourth-order valence-corrected chi connectivity index (χ4v) is 5.71. The van der Waals surface area contributed by atoms with Gasteiger partial charge < -0.3 is 10.1 Å². The third-order valence-corrected chi connectivity index (χ3v) is 7.39. The summed E-state index contributed by atoms with van der Waals surface area (Å²) in [5.74, 6) is 0.737. The molecule has 2 aliphatic rings. The Morgan fingerprint density at radius 1 is 1.21 bits per heavy atom. The average Bonchev–Trinajstić information content (AvgIpc) is 3.36. The van der Waals surface area contributed by atoms with E-state index in [2.05, 4.69) is 10.3 Å². The van der Waals surface area contributed by atoms with Crippen LogP contribution >= 0.6 is 0 Å². The highest BCUT2D eigenvalue weighted by molar-refractivity contribution is 7.90. The molecule has 1 aromatic carbocycles. The summed E-state index contributed by atoms with van der Waals surface area (Å²) in [6, 6.07) is 8.05. The van der Waals surface area contributed by atoms with Crippen molar-refractivity contribution < 1.29 is 17.9 Å². The number of hydrogen-bond donors (Lipinski definition) is 1. The van der Waals surface area contributed by atoms with Gasteiger partial charge in [0.15, 0.2) is 6.61 Å². The molecule has 7 nitrogen and oxygen atoms in total. The van der Waals surface area contributed by atoms with Gasteiger partial charge >= 0.3 is 0 Å². The highest BCUT2D eigenvalue weighted by Gasteiger charge is 2.26. The molecule has 1 saturated carbocycles. The Labute approximate surface area is 168 Å². The number of hydrogen-bond acceptors (Lipinski definition) is 5. The highest BCUT2D eigenvalue weighted by atomic mass is 32.2. The lowest BCUT2D eigenvalue weighted by molar-refractivity contribution is -0.118. The standard InChI is InChI=1S/C21H21N3O4S/c25-20-13-28-19-8-7-16(11-17(19)23-20)29(26,27)24-12-15(10-14-4-1-2-5-14)21-18(24)6-3-9-22-21/h3,6-9,11-12,14H,1-2,4-5,10,13H2,(H,23,25). The minimum Gasteiger partial charge on any atom is -0.482 e. The first-order valence-corrected chi connectivity index (χ1v) is 11.2. The molecule has 5 rings (SSSR count). The molecule has 29 heavy (non-hydrogen) atoms. The molecule has 0 atom stereocenters. The van der Waals surface area contributed by atoms with Crippen LogP contribution in [0.15, 0.2) is 47.6 Å². The number of pyridine rings is 1. The van der Waals surface area contributed by atoms with E-state index >= 15 is 0 Å². The molecule has 0 saturated heterocycles. The van der Waals surface area contributed by atoms with Crippen LogP contribution in [0.5, 0.6) is 5.75 Å². The van der Waals surface area contributed by atoms with Gasteiger partial charge in [-0.25, -0.2) is 12.4 Å². The van der Waals surface area contributed by atoms with E-state index in [0.717, 1.165) is 17.5 Å². The Bertz CT molecular complexity index is 1210. The largest absolute Gasteiger partial charge is 0.482 e. The Kier molecular flexibility index (Phi) is 4.31. The van der Waals surface area contributed by atoms with E-state index in [1.165, 1.54) is 41.8 Å². The molecule has 1 aliphatic carbocycles. The van der Waals surface area contributed by atoms with Gasteiger partial charge in [0.2, 0.25) is 0 Å². The van der Waals surface area contributed by atoms with Gasteiger partial charge in [-0.3, -0.25) is 9.78 Å². The summed E-state index contributed by atoms with van der Waals surface area (Å²) in [5, 5.41) is 2.66. The van der Waals surface area contributed by atoms with Gasteiger partial charge in [0.25, 0.3) is 15.9 Å². The number of anilines is 1. The number of aromatic nitrogens is 2. The van der Waals surface area contributed by atoms with Crippen LogP contribution in [0.25, 0.3) is 11.0 Å². The average molecular weight is 411 g/mol. The zero-order valence-corrected chi connectivity index (χ0v) is 16.6. The van der Waals surface area contributed by atoms with Crippen LogP contribution in [0.3, 0.4) is 0 Å². The molecule has 2 aromatic heterocycles. The third-order valence-electron chi connectivity index (χ3n) is 5.73. The van der Waals surface area contributed by atoms with Crippen LogP contribution in [-0.4, -0.2) is 29.9 Å². The first-order valence-electron chi connectivity index (χ1n) is 9.79. The number of fused-ring (bicyclic) bond motifs is 2. The van der Waals surface area contributed by atoms with Gasteiger partial charge in [0.1, 0.15) is 5.75 Å². The second-order valence-corrected chi connectivity index (χ2v) is 9.49. The summed E-state index contributed by atoms with van der Waals surface area (Å²) in [6.45, 7) is -0.0719. The molecule has 1 fully saturated rings. The molecule has 0 unspecified atom stereocenters. The maximum absolute atomic E-state index is 13.4. The second-order valence-electron chi connectivity index (χ2n) is 7.68. The zero-order valence-electron chi connectivity index (χ0n) is 15.8. The predicted molar refractivity (Wildman–Crippen MR) is 109 cm³/mol. The number of carbonyl (C=O) groups excluding carboxylic acids is 1. The van der Waals surface area contributed by atoms with Crippen LogP contribution in [0, 0.1) is 5.92 Å². The lowest BCUT2D eigenvalue weighted by Crippen LogP contribution is -2.25. The molecule has 3 aromatic rings. The van der Waals surface area contributed by atoms with Crippen molar-refractivity contribution in [3.05, 3.63) is 48.3 Å². The van der Waals surface area contributed by atoms with Crippen molar-refractivity contribution in [1.29, 1.82) is 0 Å². The van der Waals surface area contributed by atoms with E-state index in [4.69, 9.17) is 4.74 Å². The van der Waals surface area contributed by atoms with E-state index in [9.17, 15) is 13.2 Å². The van der Waals surface area contributed by atoms with Crippen molar-refractivity contribution in [3.8, 4) is 5.75 Å². The molecular weight excluding hydrogens is 390 g/mol. The Balaban J connectivity index is 1.59. The fourth-order valence-electron chi connectivity index (χ4n) is 4.30. The van der Waals surface area contributed by atoms with E-state index in [0.29, 0.717) is 22.9 Å². The summed E-state index contributed by atoms with van der Waals surface area (Å²) >= 11 is 0. The SMILES string of the molecule is O=C1COc2ccc(S(=O)(=O)n3cc(CC4CCCC4)c4ncccc43)cc2N1. The number of nitrogens with one attached hydrogen (secondary N) is 1. The Hall–Kier alpha value is -2.87. The molecule has 1 aliphatic heterocycles. The maximum atomic E-state index is 13.4. The van der Waals surface area contributed by atoms with Gasteiger partial charge in [0, 0.05) is 12.4 Å². The van der Waals surface area contributed by atoms with Crippen LogP contribution in [0.2, 0.25) is 0 Å². The smallest absolute Gasteiger partial charge is 0.268 e. The molecule has 0 bridgehead atoms. The van der Waals surface area contributed by atoms with Gasteiger partial charge in [-0.1, -0.05) is 25.7 Å². The van der Waals surface area contributed by atoms with E-state index in [1.54, 1.807) is 30.6 Å². The Morgan fingerprint density at radius 3 is 2.86 bits per heavy atom. The van der Waals surface area contributed by atoms with Crippen molar-refractivity contribution in [2.24, 2.45) is 5.92 Å². The minimum atomic E-state index is -3.86. The number of ether oxygens (including phenoxy) is 1. The molecule has 1 amide bonds. The minimum absolute atomic E-state index is 0.0719. The predicted octanol–water partition coefficient (Wildman–Crippen LogP) is 3.34. The summed E-state index contributed by atoms with van der Waals surface area (Å²) in [5.41, 5.74) is 2.63. The van der Waals surface area contributed by atoms with Crippen LogP contribution in [0.4, 0.5) is 5.69 Å². The fraction of sp³-hybridized carbons (Fsp3) is 0.333. The maximum Gasteiger partial charge on any atom is 0.268 e. The molecule has 150 valence electrons. The number of nitrogens with zero attached hydrogens (tertiary/aromatic N) is 2. The van der Waals surface area contributed by atoms with Gasteiger partial charge in [-0.05, 0) is 48.2 Å². The van der Waals surface area contributed by atoms with Gasteiger partial charge in [-0.15, -0.1) is 0 Å². The second kappa shape index (κ2) is 6.88. The van der Waals surface area contributed by atoms with Crippen LogP contribution in [-0.2, 0) is 21.2 Å². The van der Waals surface area contributed by atoms with Gasteiger partial charge in [0.05, 0.1) is 21.6 Å². The highest BCUT2D eigenvalue weighted by Crippen LogP contribution is 2.34. The topological polar surface area (TPSA) is 90.3 Å². The lowest BCUT2D eigenvalue weighted by atomic mass is 9.99. The molecule has 3 heterocycles.